The predicted molar refractivity (Wildman–Crippen MR) is 78.1 cm³/mol. The van der Waals surface area contributed by atoms with Gasteiger partial charge in [0.05, 0.1) is 25.9 Å². The number of rotatable bonds is 8. The first-order chi connectivity index (χ1) is 9.88. The molecule has 8 heteroatoms. The predicted octanol–water partition coefficient (Wildman–Crippen LogP) is 1.86. The minimum atomic E-state index is -3.08. The zero-order valence-electron chi connectivity index (χ0n) is 11.6. The number of ether oxygens (including phenoxy) is 1. The number of alkyl halides is 2. The van der Waals surface area contributed by atoms with Gasteiger partial charge in [-0.2, -0.15) is 0 Å². The Hall–Kier alpha value is -1.60. The first kappa shape index (κ1) is 17.5. The van der Waals surface area contributed by atoms with Crippen molar-refractivity contribution in [3.8, 4) is 5.75 Å². The molecule has 0 aliphatic carbocycles. The summed E-state index contributed by atoms with van der Waals surface area (Å²) in [5, 5.41) is 5.62. The molecule has 5 nitrogen and oxygen atoms in total. The minimum absolute atomic E-state index is 0.0380. The molecular weight excluding hydrogens is 304 g/mol. The third kappa shape index (κ3) is 6.14. The van der Waals surface area contributed by atoms with Crippen molar-refractivity contribution in [1.29, 1.82) is 0 Å². The van der Waals surface area contributed by atoms with Crippen molar-refractivity contribution >= 4 is 23.2 Å². The summed E-state index contributed by atoms with van der Waals surface area (Å²) in [6.07, 6.45) is 0.0380. The fourth-order valence-electron chi connectivity index (χ4n) is 1.52. The fraction of sp³-hybridized carbons (Fsp3) is 0.462. The SMILES string of the molecule is COc1ccc(Cl)cc1NCCC(=O)NCC(F)(F)CN. The molecule has 0 heterocycles. The van der Waals surface area contributed by atoms with Crippen molar-refractivity contribution in [2.24, 2.45) is 5.73 Å². The zero-order chi connectivity index (χ0) is 15.9. The van der Waals surface area contributed by atoms with E-state index in [1.54, 1.807) is 18.2 Å². The molecule has 0 aliphatic heterocycles. The Morgan fingerprint density at radius 1 is 1.48 bits per heavy atom. The van der Waals surface area contributed by atoms with E-state index < -0.39 is 24.9 Å². The highest BCUT2D eigenvalue weighted by Gasteiger charge is 2.26. The van der Waals surface area contributed by atoms with Crippen LogP contribution in [-0.2, 0) is 4.79 Å². The Kier molecular flexibility index (Phi) is 6.64. The van der Waals surface area contributed by atoms with Gasteiger partial charge >= 0.3 is 0 Å². The van der Waals surface area contributed by atoms with E-state index in [1.165, 1.54) is 7.11 Å². The van der Waals surface area contributed by atoms with Crippen LogP contribution in [0.15, 0.2) is 18.2 Å². The molecule has 0 bridgehead atoms. The Morgan fingerprint density at radius 2 is 2.19 bits per heavy atom. The Balaban J connectivity index is 2.40. The largest absolute Gasteiger partial charge is 0.495 e. The molecule has 1 rings (SSSR count). The topological polar surface area (TPSA) is 76.4 Å². The van der Waals surface area contributed by atoms with Crippen LogP contribution in [0.25, 0.3) is 0 Å². The number of methoxy groups -OCH3 is 1. The number of carbonyl (C=O) groups is 1. The van der Waals surface area contributed by atoms with Crippen LogP contribution in [0.5, 0.6) is 5.75 Å². The molecule has 0 atom stereocenters. The van der Waals surface area contributed by atoms with Crippen molar-refractivity contribution in [1.82, 2.24) is 5.32 Å². The molecule has 1 aromatic rings. The lowest BCUT2D eigenvalue weighted by Crippen LogP contribution is -2.41. The molecular formula is C13H18ClF2N3O2. The smallest absolute Gasteiger partial charge is 0.277 e. The number of halogens is 3. The molecule has 1 aromatic carbocycles. The Bertz CT molecular complexity index is 486. The number of hydrogen-bond donors (Lipinski definition) is 3. The van der Waals surface area contributed by atoms with Crippen molar-refractivity contribution < 1.29 is 18.3 Å². The van der Waals surface area contributed by atoms with Crippen LogP contribution in [0.1, 0.15) is 6.42 Å². The third-order valence-electron chi connectivity index (χ3n) is 2.67. The number of amides is 1. The number of nitrogens with one attached hydrogen (secondary N) is 2. The minimum Gasteiger partial charge on any atom is -0.495 e. The number of nitrogens with two attached hydrogens (primary N) is 1. The monoisotopic (exact) mass is 321 g/mol. The second-order valence-electron chi connectivity index (χ2n) is 4.36. The highest BCUT2D eigenvalue weighted by Crippen LogP contribution is 2.27. The van der Waals surface area contributed by atoms with Crippen LogP contribution < -0.4 is 21.1 Å². The second kappa shape index (κ2) is 7.99. The molecule has 4 N–H and O–H groups in total. The molecule has 21 heavy (non-hydrogen) atoms. The van der Waals surface area contributed by atoms with Crippen molar-refractivity contribution in [3.63, 3.8) is 0 Å². The molecule has 0 aliphatic rings. The van der Waals surface area contributed by atoms with Gasteiger partial charge in [-0.25, -0.2) is 8.78 Å². The first-order valence-corrected chi connectivity index (χ1v) is 6.68. The fourth-order valence-corrected chi connectivity index (χ4v) is 1.69. The first-order valence-electron chi connectivity index (χ1n) is 6.30. The van der Waals surface area contributed by atoms with E-state index in [-0.39, 0.29) is 13.0 Å². The molecule has 0 unspecified atom stereocenters. The van der Waals surface area contributed by atoms with Gasteiger partial charge in [0.15, 0.2) is 0 Å². The van der Waals surface area contributed by atoms with Gasteiger partial charge in [-0.3, -0.25) is 4.79 Å². The highest BCUT2D eigenvalue weighted by molar-refractivity contribution is 6.30. The van der Waals surface area contributed by atoms with E-state index in [1.807, 2.05) is 0 Å². The lowest BCUT2D eigenvalue weighted by atomic mass is 10.2. The van der Waals surface area contributed by atoms with Gasteiger partial charge in [0, 0.05) is 18.0 Å². The second-order valence-corrected chi connectivity index (χ2v) is 4.79. The summed E-state index contributed by atoms with van der Waals surface area (Å²) in [7, 11) is 1.51. The lowest BCUT2D eigenvalue weighted by molar-refractivity contribution is -0.122. The average molecular weight is 322 g/mol. The number of anilines is 1. The lowest BCUT2D eigenvalue weighted by Gasteiger charge is -2.15. The van der Waals surface area contributed by atoms with Gasteiger partial charge in [-0.05, 0) is 18.2 Å². The van der Waals surface area contributed by atoms with Crippen molar-refractivity contribution in [2.75, 3.05) is 32.1 Å². The van der Waals surface area contributed by atoms with E-state index >= 15 is 0 Å². The number of benzene rings is 1. The highest BCUT2D eigenvalue weighted by atomic mass is 35.5. The van der Waals surface area contributed by atoms with Crippen LogP contribution in [-0.4, -0.2) is 38.6 Å². The summed E-state index contributed by atoms with van der Waals surface area (Å²) >= 11 is 5.86. The van der Waals surface area contributed by atoms with E-state index in [4.69, 9.17) is 22.1 Å². The maximum absolute atomic E-state index is 12.9. The summed E-state index contributed by atoms with van der Waals surface area (Å²) in [6.45, 7) is -1.30. The zero-order valence-corrected chi connectivity index (χ0v) is 12.3. The summed E-state index contributed by atoms with van der Waals surface area (Å²) in [5.41, 5.74) is 5.50. The van der Waals surface area contributed by atoms with E-state index in [2.05, 4.69) is 10.6 Å². The molecule has 1 amide bonds. The van der Waals surface area contributed by atoms with Gasteiger partial charge in [0.2, 0.25) is 5.91 Å². The maximum Gasteiger partial charge on any atom is 0.277 e. The van der Waals surface area contributed by atoms with E-state index in [9.17, 15) is 13.6 Å². The average Bonchev–Trinajstić information content (AvgIpc) is 2.45. The normalized spacial score (nSPS) is 11.1. The van der Waals surface area contributed by atoms with Crippen LogP contribution >= 0.6 is 11.6 Å². The van der Waals surface area contributed by atoms with Crippen LogP contribution in [0, 0.1) is 0 Å². The van der Waals surface area contributed by atoms with Crippen molar-refractivity contribution in [3.05, 3.63) is 23.2 Å². The molecule has 0 spiro atoms. The summed E-state index contributed by atoms with van der Waals surface area (Å²) in [5.74, 6) is -3.00. The van der Waals surface area contributed by atoms with Crippen molar-refractivity contribution in [2.45, 2.75) is 12.3 Å². The Morgan fingerprint density at radius 3 is 2.81 bits per heavy atom. The summed E-state index contributed by atoms with van der Waals surface area (Å²) in [4.78, 5) is 11.4. The number of carbonyl (C=O) groups excluding carboxylic acids is 1. The maximum atomic E-state index is 12.9. The molecule has 0 aromatic heterocycles. The van der Waals surface area contributed by atoms with E-state index in [0.29, 0.717) is 16.5 Å². The molecule has 118 valence electrons. The molecule has 0 radical (unpaired) electrons. The van der Waals surface area contributed by atoms with Gasteiger partial charge in [0.1, 0.15) is 5.75 Å². The molecule has 0 saturated carbocycles. The van der Waals surface area contributed by atoms with Gasteiger partial charge < -0.3 is 21.1 Å². The van der Waals surface area contributed by atoms with Crippen LogP contribution in [0.3, 0.4) is 0 Å². The summed E-state index contributed by atoms with van der Waals surface area (Å²) in [6, 6.07) is 5.01. The van der Waals surface area contributed by atoms with Crippen LogP contribution in [0.4, 0.5) is 14.5 Å². The molecule has 0 saturated heterocycles. The summed E-state index contributed by atoms with van der Waals surface area (Å²) < 4.78 is 30.8. The standard InChI is InChI=1S/C13H18ClF2N3O2/c1-21-11-3-2-9(14)6-10(11)18-5-4-12(20)19-8-13(15,16)7-17/h2-3,6,18H,4-5,7-8,17H2,1H3,(H,19,20). The van der Waals surface area contributed by atoms with Gasteiger partial charge in [0.25, 0.3) is 5.92 Å². The van der Waals surface area contributed by atoms with Gasteiger partial charge in [-0.1, -0.05) is 11.6 Å². The number of hydrogen-bond acceptors (Lipinski definition) is 4. The quantitative estimate of drug-likeness (QED) is 0.683. The van der Waals surface area contributed by atoms with E-state index in [0.717, 1.165) is 0 Å². The van der Waals surface area contributed by atoms with Crippen LogP contribution in [0.2, 0.25) is 5.02 Å². The third-order valence-corrected chi connectivity index (χ3v) is 2.91. The molecule has 0 fully saturated rings. The Labute approximate surface area is 126 Å². The van der Waals surface area contributed by atoms with Gasteiger partial charge in [-0.15, -0.1) is 0 Å².